The molecule has 1 heterocycles. The van der Waals surface area contributed by atoms with Crippen molar-refractivity contribution in [2.45, 2.75) is 38.8 Å². The standard InChI is InChI=1S/C11H17FN2O/c1-10(2,11(3,4)15)14-9-8(12)6-5-7-13-9/h5-7,15H,1-4H3,(H,13,14). The second-order valence-corrected chi connectivity index (χ2v) is 4.64. The number of halogens is 1. The number of nitrogens with zero attached hydrogens (tertiary/aromatic N) is 1. The molecule has 0 unspecified atom stereocenters. The lowest BCUT2D eigenvalue weighted by atomic mass is 9.86. The molecule has 0 saturated heterocycles. The molecule has 0 radical (unpaired) electrons. The largest absolute Gasteiger partial charge is 0.388 e. The van der Waals surface area contributed by atoms with E-state index in [4.69, 9.17) is 0 Å². The zero-order valence-corrected chi connectivity index (χ0v) is 9.50. The van der Waals surface area contributed by atoms with Gasteiger partial charge in [-0.05, 0) is 39.8 Å². The van der Waals surface area contributed by atoms with Crippen LogP contribution in [0.1, 0.15) is 27.7 Å². The predicted octanol–water partition coefficient (Wildman–Crippen LogP) is 2.18. The van der Waals surface area contributed by atoms with Crippen molar-refractivity contribution in [3.63, 3.8) is 0 Å². The van der Waals surface area contributed by atoms with E-state index >= 15 is 0 Å². The average molecular weight is 212 g/mol. The second-order valence-electron chi connectivity index (χ2n) is 4.64. The first-order chi connectivity index (χ1) is 6.74. The molecule has 1 aromatic rings. The van der Waals surface area contributed by atoms with Crippen molar-refractivity contribution in [2.24, 2.45) is 0 Å². The van der Waals surface area contributed by atoms with Gasteiger partial charge < -0.3 is 10.4 Å². The molecular weight excluding hydrogens is 195 g/mol. The van der Waals surface area contributed by atoms with E-state index in [9.17, 15) is 9.50 Å². The molecule has 15 heavy (non-hydrogen) atoms. The van der Waals surface area contributed by atoms with E-state index in [-0.39, 0.29) is 5.82 Å². The summed E-state index contributed by atoms with van der Waals surface area (Å²) in [4.78, 5) is 3.88. The predicted molar refractivity (Wildman–Crippen MR) is 58.2 cm³/mol. The minimum Gasteiger partial charge on any atom is -0.388 e. The fourth-order valence-electron chi connectivity index (χ4n) is 0.927. The van der Waals surface area contributed by atoms with E-state index in [0.717, 1.165) is 0 Å². The van der Waals surface area contributed by atoms with E-state index in [0.29, 0.717) is 0 Å². The number of pyridine rings is 1. The van der Waals surface area contributed by atoms with Crippen LogP contribution in [0.4, 0.5) is 10.2 Å². The minimum absolute atomic E-state index is 0.157. The van der Waals surface area contributed by atoms with Crippen LogP contribution in [-0.2, 0) is 0 Å². The molecule has 1 aromatic heterocycles. The Kier molecular flexibility index (Phi) is 3.00. The van der Waals surface area contributed by atoms with Gasteiger partial charge in [0.15, 0.2) is 11.6 Å². The van der Waals surface area contributed by atoms with Crippen LogP contribution in [0.3, 0.4) is 0 Å². The lowest BCUT2D eigenvalue weighted by Crippen LogP contribution is -2.51. The quantitative estimate of drug-likeness (QED) is 0.807. The van der Waals surface area contributed by atoms with Crippen LogP contribution in [0.25, 0.3) is 0 Å². The smallest absolute Gasteiger partial charge is 0.165 e. The number of hydrogen-bond acceptors (Lipinski definition) is 3. The van der Waals surface area contributed by atoms with E-state index in [1.807, 2.05) is 0 Å². The van der Waals surface area contributed by atoms with Crippen LogP contribution in [0.5, 0.6) is 0 Å². The van der Waals surface area contributed by atoms with E-state index in [1.165, 1.54) is 18.3 Å². The maximum atomic E-state index is 13.3. The van der Waals surface area contributed by atoms with Gasteiger partial charge in [0.1, 0.15) is 0 Å². The Morgan fingerprint density at radius 2 is 1.93 bits per heavy atom. The molecule has 4 heteroatoms. The molecule has 84 valence electrons. The lowest BCUT2D eigenvalue weighted by molar-refractivity contribution is 0.0237. The van der Waals surface area contributed by atoms with E-state index in [1.54, 1.807) is 27.7 Å². The molecule has 0 saturated carbocycles. The first-order valence-corrected chi connectivity index (χ1v) is 4.85. The highest BCUT2D eigenvalue weighted by molar-refractivity contribution is 5.39. The van der Waals surface area contributed by atoms with Crippen molar-refractivity contribution in [1.29, 1.82) is 0 Å². The highest BCUT2D eigenvalue weighted by Gasteiger charge is 2.35. The summed E-state index contributed by atoms with van der Waals surface area (Å²) in [5.74, 6) is -0.264. The van der Waals surface area contributed by atoms with Crippen LogP contribution in [-0.4, -0.2) is 21.2 Å². The number of nitrogens with one attached hydrogen (secondary N) is 1. The third-order valence-corrected chi connectivity index (χ3v) is 2.72. The SMILES string of the molecule is CC(C)(O)C(C)(C)Nc1ncccc1F. The molecule has 0 fully saturated rings. The normalized spacial score (nSPS) is 12.7. The molecule has 0 atom stereocenters. The number of aliphatic hydroxyl groups is 1. The van der Waals surface area contributed by atoms with Crippen molar-refractivity contribution in [1.82, 2.24) is 4.98 Å². The van der Waals surface area contributed by atoms with Crippen molar-refractivity contribution < 1.29 is 9.50 Å². The van der Waals surface area contributed by atoms with Gasteiger partial charge in [-0.3, -0.25) is 0 Å². The summed E-state index contributed by atoms with van der Waals surface area (Å²) in [6.07, 6.45) is 1.51. The van der Waals surface area contributed by atoms with Gasteiger partial charge in [0, 0.05) is 6.20 Å². The van der Waals surface area contributed by atoms with Gasteiger partial charge in [0.05, 0.1) is 11.1 Å². The highest BCUT2D eigenvalue weighted by Crippen LogP contribution is 2.25. The fourth-order valence-corrected chi connectivity index (χ4v) is 0.927. The molecule has 0 aliphatic carbocycles. The number of aromatic nitrogens is 1. The van der Waals surface area contributed by atoms with Gasteiger partial charge in [-0.1, -0.05) is 0 Å². The number of rotatable bonds is 3. The van der Waals surface area contributed by atoms with Gasteiger partial charge in [-0.2, -0.15) is 0 Å². The first kappa shape index (κ1) is 11.9. The van der Waals surface area contributed by atoms with Crippen molar-refractivity contribution in [3.05, 3.63) is 24.1 Å². The van der Waals surface area contributed by atoms with Crippen molar-refractivity contribution in [3.8, 4) is 0 Å². The molecule has 0 aromatic carbocycles. The summed E-state index contributed by atoms with van der Waals surface area (Å²) >= 11 is 0. The van der Waals surface area contributed by atoms with Gasteiger partial charge in [-0.15, -0.1) is 0 Å². The van der Waals surface area contributed by atoms with Crippen molar-refractivity contribution >= 4 is 5.82 Å². The molecule has 2 N–H and O–H groups in total. The summed E-state index contributed by atoms with van der Waals surface area (Å²) in [7, 11) is 0. The Morgan fingerprint density at radius 3 is 2.40 bits per heavy atom. The summed E-state index contributed by atoms with van der Waals surface area (Å²) in [5.41, 5.74) is -1.64. The third kappa shape index (κ3) is 2.65. The number of hydrogen-bond donors (Lipinski definition) is 2. The van der Waals surface area contributed by atoms with Crippen LogP contribution < -0.4 is 5.32 Å². The maximum Gasteiger partial charge on any atom is 0.165 e. The van der Waals surface area contributed by atoms with Gasteiger partial charge in [-0.25, -0.2) is 9.37 Å². The molecular formula is C11H17FN2O. The molecule has 0 aliphatic rings. The Labute approximate surface area is 89.4 Å². The van der Waals surface area contributed by atoms with Gasteiger partial charge in [0.2, 0.25) is 0 Å². The Balaban J connectivity index is 2.92. The highest BCUT2D eigenvalue weighted by atomic mass is 19.1. The monoisotopic (exact) mass is 212 g/mol. The maximum absolute atomic E-state index is 13.3. The van der Waals surface area contributed by atoms with Crippen LogP contribution in [0.2, 0.25) is 0 Å². The van der Waals surface area contributed by atoms with Crippen LogP contribution in [0.15, 0.2) is 18.3 Å². The first-order valence-electron chi connectivity index (χ1n) is 4.85. The molecule has 0 spiro atoms. The second kappa shape index (κ2) is 3.77. The Bertz CT molecular complexity index is 345. The average Bonchev–Trinajstić information content (AvgIpc) is 2.06. The molecule has 0 aliphatic heterocycles. The lowest BCUT2D eigenvalue weighted by Gasteiger charge is -2.38. The summed E-state index contributed by atoms with van der Waals surface area (Å²) in [5, 5.41) is 12.8. The molecule has 3 nitrogen and oxygen atoms in total. The molecule has 0 bridgehead atoms. The summed E-state index contributed by atoms with van der Waals surface area (Å²) < 4.78 is 13.3. The molecule has 1 rings (SSSR count). The van der Waals surface area contributed by atoms with Gasteiger partial charge >= 0.3 is 0 Å². The fraction of sp³-hybridized carbons (Fsp3) is 0.545. The zero-order chi connectivity index (χ0) is 11.7. The molecule has 0 amide bonds. The van der Waals surface area contributed by atoms with Crippen LogP contribution in [0, 0.1) is 5.82 Å². The Morgan fingerprint density at radius 1 is 1.33 bits per heavy atom. The van der Waals surface area contributed by atoms with E-state index < -0.39 is 17.0 Å². The summed E-state index contributed by atoms with van der Waals surface area (Å²) in [6, 6.07) is 2.85. The minimum atomic E-state index is -0.975. The number of anilines is 1. The third-order valence-electron chi connectivity index (χ3n) is 2.72. The van der Waals surface area contributed by atoms with Crippen LogP contribution >= 0.6 is 0 Å². The van der Waals surface area contributed by atoms with E-state index in [2.05, 4.69) is 10.3 Å². The van der Waals surface area contributed by atoms with Crippen molar-refractivity contribution in [2.75, 3.05) is 5.32 Å². The summed E-state index contributed by atoms with van der Waals surface area (Å²) in [6.45, 7) is 6.92. The van der Waals surface area contributed by atoms with Gasteiger partial charge in [0.25, 0.3) is 0 Å². The Hall–Kier alpha value is -1.16. The zero-order valence-electron chi connectivity index (χ0n) is 9.50. The topological polar surface area (TPSA) is 45.1 Å².